The third-order valence-corrected chi connectivity index (χ3v) is 3.73. The highest BCUT2D eigenvalue weighted by molar-refractivity contribution is 7.99. The standard InChI is InChI=1S/C13H19N3O2S/c1-2-3-8-18-9-11(17)10-19-13-15-14-12-6-4-5-7-16(12)13/h4-7,11,17H,2-3,8-10H2,1H3. The maximum Gasteiger partial charge on any atom is 0.195 e. The van der Waals surface area contributed by atoms with Crippen molar-refractivity contribution >= 4 is 17.4 Å². The average Bonchev–Trinajstić information content (AvgIpc) is 2.85. The third-order valence-electron chi connectivity index (χ3n) is 2.64. The largest absolute Gasteiger partial charge is 0.390 e. The lowest BCUT2D eigenvalue weighted by Gasteiger charge is -2.09. The quantitative estimate of drug-likeness (QED) is 0.592. The summed E-state index contributed by atoms with van der Waals surface area (Å²) in [5.41, 5.74) is 0.818. The van der Waals surface area contributed by atoms with E-state index < -0.39 is 6.10 Å². The van der Waals surface area contributed by atoms with Gasteiger partial charge in [0, 0.05) is 18.6 Å². The Bertz CT molecular complexity index is 503. The Kier molecular flexibility index (Phi) is 5.62. The first-order valence-corrected chi connectivity index (χ1v) is 7.48. The summed E-state index contributed by atoms with van der Waals surface area (Å²) in [7, 11) is 0. The zero-order valence-corrected chi connectivity index (χ0v) is 11.8. The molecule has 0 aliphatic heterocycles. The highest BCUT2D eigenvalue weighted by Gasteiger charge is 2.09. The van der Waals surface area contributed by atoms with Crippen molar-refractivity contribution in [3.63, 3.8) is 0 Å². The van der Waals surface area contributed by atoms with E-state index in [0.717, 1.165) is 23.6 Å². The number of hydrogen-bond acceptors (Lipinski definition) is 5. The lowest BCUT2D eigenvalue weighted by atomic mass is 10.3. The van der Waals surface area contributed by atoms with E-state index in [1.807, 2.05) is 28.8 Å². The lowest BCUT2D eigenvalue weighted by Crippen LogP contribution is -2.18. The molecule has 5 nitrogen and oxygen atoms in total. The summed E-state index contributed by atoms with van der Waals surface area (Å²) in [5.74, 6) is 0.557. The number of rotatable bonds is 8. The average molecular weight is 281 g/mol. The Labute approximate surface area is 117 Å². The van der Waals surface area contributed by atoms with Crippen molar-refractivity contribution in [2.24, 2.45) is 0 Å². The van der Waals surface area contributed by atoms with Crippen LogP contribution in [0.2, 0.25) is 0 Å². The fourth-order valence-corrected chi connectivity index (χ4v) is 2.43. The SMILES string of the molecule is CCCCOCC(O)CSc1nnc2ccccn12. The van der Waals surface area contributed by atoms with E-state index >= 15 is 0 Å². The minimum absolute atomic E-state index is 0.379. The molecule has 2 aromatic rings. The van der Waals surface area contributed by atoms with Gasteiger partial charge in [-0.1, -0.05) is 31.2 Å². The van der Waals surface area contributed by atoms with E-state index in [-0.39, 0.29) is 0 Å². The first-order valence-electron chi connectivity index (χ1n) is 6.49. The predicted molar refractivity (Wildman–Crippen MR) is 75.4 cm³/mol. The van der Waals surface area contributed by atoms with Gasteiger partial charge in [-0.05, 0) is 18.6 Å². The maximum atomic E-state index is 9.82. The number of aliphatic hydroxyl groups is 1. The van der Waals surface area contributed by atoms with Crippen molar-refractivity contribution in [1.29, 1.82) is 0 Å². The number of aliphatic hydroxyl groups excluding tert-OH is 1. The van der Waals surface area contributed by atoms with Gasteiger partial charge in [-0.2, -0.15) is 0 Å². The first kappa shape index (κ1) is 14.3. The van der Waals surface area contributed by atoms with E-state index in [2.05, 4.69) is 17.1 Å². The van der Waals surface area contributed by atoms with E-state index in [1.54, 1.807) is 0 Å². The molecule has 2 aromatic heterocycles. The maximum absolute atomic E-state index is 9.82. The van der Waals surface area contributed by atoms with Gasteiger partial charge in [-0.25, -0.2) is 0 Å². The molecule has 1 unspecified atom stereocenters. The Hall–Kier alpha value is -1.11. The van der Waals surface area contributed by atoms with Crippen molar-refractivity contribution in [2.75, 3.05) is 19.0 Å². The normalized spacial score (nSPS) is 12.9. The predicted octanol–water partition coefficient (Wildman–Crippen LogP) is 2.00. The van der Waals surface area contributed by atoms with Crippen LogP contribution in [-0.2, 0) is 4.74 Å². The van der Waals surface area contributed by atoms with Crippen LogP contribution in [0.3, 0.4) is 0 Å². The molecule has 0 bridgehead atoms. The Morgan fingerprint density at radius 2 is 2.32 bits per heavy atom. The van der Waals surface area contributed by atoms with Crippen LogP contribution in [0.15, 0.2) is 29.6 Å². The van der Waals surface area contributed by atoms with Gasteiger partial charge < -0.3 is 9.84 Å². The van der Waals surface area contributed by atoms with Crippen LogP contribution in [0.4, 0.5) is 0 Å². The molecule has 1 atom stereocenters. The van der Waals surface area contributed by atoms with Crippen molar-refractivity contribution in [1.82, 2.24) is 14.6 Å². The molecular weight excluding hydrogens is 262 g/mol. The molecule has 6 heteroatoms. The van der Waals surface area contributed by atoms with E-state index in [0.29, 0.717) is 19.0 Å². The number of unbranched alkanes of at least 4 members (excludes halogenated alkanes) is 1. The minimum atomic E-state index is -0.474. The molecule has 2 heterocycles. The zero-order chi connectivity index (χ0) is 13.5. The molecule has 0 spiro atoms. The van der Waals surface area contributed by atoms with Gasteiger partial charge in [-0.15, -0.1) is 10.2 Å². The molecule has 19 heavy (non-hydrogen) atoms. The minimum Gasteiger partial charge on any atom is -0.390 e. The van der Waals surface area contributed by atoms with Crippen molar-refractivity contribution in [2.45, 2.75) is 31.0 Å². The Balaban J connectivity index is 1.78. The molecule has 2 rings (SSSR count). The summed E-state index contributed by atoms with van der Waals surface area (Å²) in [5, 5.41) is 18.8. The summed E-state index contributed by atoms with van der Waals surface area (Å²) in [6.45, 7) is 3.21. The molecule has 1 N–H and O–H groups in total. The molecule has 0 amide bonds. The number of thioether (sulfide) groups is 1. The number of pyridine rings is 1. The smallest absolute Gasteiger partial charge is 0.195 e. The van der Waals surface area contributed by atoms with Crippen LogP contribution < -0.4 is 0 Å². The molecule has 0 aliphatic carbocycles. The molecule has 0 aromatic carbocycles. The molecule has 104 valence electrons. The molecule has 0 saturated carbocycles. The summed E-state index contributed by atoms with van der Waals surface area (Å²) in [4.78, 5) is 0. The van der Waals surface area contributed by atoms with Gasteiger partial charge in [0.25, 0.3) is 0 Å². The molecule has 0 radical (unpaired) electrons. The van der Waals surface area contributed by atoms with Crippen LogP contribution in [0.5, 0.6) is 0 Å². The van der Waals surface area contributed by atoms with Gasteiger partial charge in [0.2, 0.25) is 0 Å². The second-order valence-corrected chi connectivity index (χ2v) is 5.29. The van der Waals surface area contributed by atoms with Crippen LogP contribution >= 0.6 is 11.8 Å². The van der Waals surface area contributed by atoms with Crippen molar-refractivity contribution in [3.05, 3.63) is 24.4 Å². The van der Waals surface area contributed by atoms with Crippen molar-refractivity contribution in [3.8, 4) is 0 Å². The number of hydrogen-bond donors (Lipinski definition) is 1. The van der Waals surface area contributed by atoms with E-state index in [1.165, 1.54) is 11.8 Å². The van der Waals surface area contributed by atoms with Gasteiger partial charge in [-0.3, -0.25) is 4.40 Å². The summed E-state index contributed by atoms with van der Waals surface area (Å²) in [6, 6.07) is 5.76. The second-order valence-electron chi connectivity index (χ2n) is 4.30. The van der Waals surface area contributed by atoms with Gasteiger partial charge in [0.1, 0.15) is 0 Å². The van der Waals surface area contributed by atoms with Crippen LogP contribution in [0.25, 0.3) is 5.65 Å². The number of nitrogens with zero attached hydrogens (tertiary/aromatic N) is 3. The summed E-state index contributed by atoms with van der Waals surface area (Å²) >= 11 is 1.49. The molecule has 0 saturated heterocycles. The van der Waals surface area contributed by atoms with E-state index in [9.17, 15) is 5.11 Å². The van der Waals surface area contributed by atoms with Gasteiger partial charge in [0.15, 0.2) is 10.8 Å². The Morgan fingerprint density at radius 1 is 1.42 bits per heavy atom. The monoisotopic (exact) mass is 281 g/mol. The lowest BCUT2D eigenvalue weighted by molar-refractivity contribution is 0.0473. The van der Waals surface area contributed by atoms with E-state index in [4.69, 9.17) is 4.74 Å². The second kappa shape index (κ2) is 7.47. The Morgan fingerprint density at radius 3 is 3.16 bits per heavy atom. The molecular formula is C13H19N3O2S. The summed E-state index contributed by atoms with van der Waals surface area (Å²) < 4.78 is 7.30. The highest BCUT2D eigenvalue weighted by Crippen LogP contribution is 2.17. The van der Waals surface area contributed by atoms with Gasteiger partial charge >= 0.3 is 0 Å². The fourth-order valence-electron chi connectivity index (χ4n) is 1.60. The van der Waals surface area contributed by atoms with Crippen LogP contribution in [0, 0.1) is 0 Å². The number of ether oxygens (including phenoxy) is 1. The topological polar surface area (TPSA) is 59.7 Å². The number of fused-ring (bicyclic) bond motifs is 1. The van der Waals surface area contributed by atoms with Crippen molar-refractivity contribution < 1.29 is 9.84 Å². The molecule has 0 fully saturated rings. The zero-order valence-electron chi connectivity index (χ0n) is 11.0. The summed E-state index contributed by atoms with van der Waals surface area (Å²) in [6.07, 6.45) is 3.59. The fraction of sp³-hybridized carbons (Fsp3) is 0.538. The first-order chi connectivity index (χ1) is 9.31. The third kappa shape index (κ3) is 4.19. The van der Waals surface area contributed by atoms with Crippen LogP contribution in [0.1, 0.15) is 19.8 Å². The number of aromatic nitrogens is 3. The molecule has 0 aliphatic rings. The van der Waals surface area contributed by atoms with Gasteiger partial charge in [0.05, 0.1) is 12.7 Å². The van der Waals surface area contributed by atoms with Crippen LogP contribution in [-0.4, -0.2) is 44.8 Å². The highest BCUT2D eigenvalue weighted by atomic mass is 32.2.